The Balaban J connectivity index is 2.14. The van der Waals surface area contributed by atoms with Gasteiger partial charge in [-0.05, 0) is 18.1 Å². The lowest BCUT2D eigenvalue weighted by atomic mass is 9.97. The number of rotatable bonds is 3. The molecule has 0 bridgehead atoms. The Morgan fingerprint density at radius 1 is 1.45 bits per heavy atom. The number of aryl methyl sites for hydroxylation is 1. The maximum absolute atomic E-state index is 11.0. The number of hydrogen-bond acceptors (Lipinski definition) is 3. The molecule has 0 unspecified atom stereocenters. The Morgan fingerprint density at radius 3 is 2.95 bits per heavy atom. The van der Waals surface area contributed by atoms with Gasteiger partial charge in [0.25, 0.3) is 0 Å². The third kappa shape index (κ3) is 2.09. The van der Waals surface area contributed by atoms with Crippen LogP contribution in [0.3, 0.4) is 0 Å². The number of nitrogens with two attached hydrogens (primary N) is 2. The second-order valence-corrected chi connectivity index (χ2v) is 5.50. The summed E-state index contributed by atoms with van der Waals surface area (Å²) in [5, 5.41) is 10.2. The van der Waals surface area contributed by atoms with Crippen LogP contribution in [-0.2, 0) is 24.2 Å². The first-order valence-corrected chi connectivity index (χ1v) is 6.91. The molecule has 5 nitrogen and oxygen atoms in total. The van der Waals surface area contributed by atoms with E-state index in [1.165, 1.54) is 0 Å². The Hall–Kier alpha value is -1.85. The zero-order chi connectivity index (χ0) is 14.3. The summed E-state index contributed by atoms with van der Waals surface area (Å²) >= 11 is 0. The van der Waals surface area contributed by atoms with Crippen molar-refractivity contribution in [2.24, 2.45) is 11.5 Å². The predicted molar refractivity (Wildman–Crippen MR) is 77.5 cm³/mol. The van der Waals surface area contributed by atoms with E-state index in [-0.39, 0.29) is 6.04 Å². The average molecular weight is 273 g/mol. The molecular formula is C15H19N3O2. The molecule has 0 spiro atoms. The van der Waals surface area contributed by atoms with Gasteiger partial charge in [0.1, 0.15) is 6.04 Å². The molecule has 106 valence electrons. The van der Waals surface area contributed by atoms with Crippen molar-refractivity contribution in [3.05, 3.63) is 35.5 Å². The van der Waals surface area contributed by atoms with Crippen molar-refractivity contribution in [3.63, 3.8) is 0 Å². The molecule has 0 saturated heterocycles. The molecule has 20 heavy (non-hydrogen) atoms. The third-order valence-electron chi connectivity index (χ3n) is 4.11. The largest absolute Gasteiger partial charge is 0.480 e. The number of nitrogens with zero attached hydrogens (tertiary/aromatic N) is 1. The molecule has 1 aromatic carbocycles. The molecule has 5 heteroatoms. The smallest absolute Gasteiger partial charge is 0.320 e. The summed E-state index contributed by atoms with van der Waals surface area (Å²) in [6.45, 7) is 0.888. The maximum atomic E-state index is 11.0. The van der Waals surface area contributed by atoms with E-state index in [1.807, 2.05) is 18.2 Å². The van der Waals surface area contributed by atoms with Gasteiger partial charge in [-0.25, -0.2) is 0 Å². The van der Waals surface area contributed by atoms with Gasteiger partial charge in [0.15, 0.2) is 0 Å². The molecule has 0 radical (unpaired) electrons. The second-order valence-electron chi connectivity index (χ2n) is 5.50. The fraction of sp³-hybridized carbons (Fsp3) is 0.400. The van der Waals surface area contributed by atoms with Gasteiger partial charge in [0.05, 0.1) is 0 Å². The molecule has 2 atom stereocenters. The predicted octanol–water partition coefficient (Wildman–Crippen LogP) is 0.869. The number of aromatic nitrogens is 1. The van der Waals surface area contributed by atoms with Crippen molar-refractivity contribution in [1.82, 2.24) is 4.57 Å². The van der Waals surface area contributed by atoms with Crippen molar-refractivity contribution in [1.29, 1.82) is 0 Å². The maximum Gasteiger partial charge on any atom is 0.320 e. The van der Waals surface area contributed by atoms with Gasteiger partial charge < -0.3 is 21.1 Å². The minimum absolute atomic E-state index is 0.145. The first-order valence-electron chi connectivity index (χ1n) is 6.91. The van der Waals surface area contributed by atoms with Crippen LogP contribution in [0.1, 0.15) is 17.7 Å². The van der Waals surface area contributed by atoms with Crippen LogP contribution in [0.2, 0.25) is 0 Å². The number of carboxylic acids is 1. The van der Waals surface area contributed by atoms with Crippen LogP contribution in [0.15, 0.2) is 24.3 Å². The zero-order valence-electron chi connectivity index (χ0n) is 11.2. The number of carbonyl (C=O) groups is 1. The van der Waals surface area contributed by atoms with E-state index >= 15 is 0 Å². The third-order valence-corrected chi connectivity index (χ3v) is 4.11. The molecule has 5 N–H and O–H groups in total. The Kier molecular flexibility index (Phi) is 3.23. The van der Waals surface area contributed by atoms with Gasteiger partial charge >= 0.3 is 5.97 Å². The molecular weight excluding hydrogens is 254 g/mol. The van der Waals surface area contributed by atoms with E-state index in [1.54, 1.807) is 0 Å². The van der Waals surface area contributed by atoms with E-state index in [9.17, 15) is 4.79 Å². The van der Waals surface area contributed by atoms with Gasteiger partial charge in [-0.1, -0.05) is 18.2 Å². The second kappa shape index (κ2) is 4.92. The summed E-state index contributed by atoms with van der Waals surface area (Å²) in [5.74, 6) is -0.964. The highest BCUT2D eigenvalue weighted by Crippen LogP contribution is 2.31. The van der Waals surface area contributed by atoms with Crippen LogP contribution in [0.5, 0.6) is 0 Å². The molecule has 3 rings (SSSR count). The van der Waals surface area contributed by atoms with E-state index in [0.717, 1.165) is 41.5 Å². The number of hydrogen-bond donors (Lipinski definition) is 3. The zero-order valence-corrected chi connectivity index (χ0v) is 11.2. The highest BCUT2D eigenvalue weighted by molar-refractivity contribution is 5.87. The molecule has 1 aromatic heterocycles. The topological polar surface area (TPSA) is 94.3 Å². The lowest BCUT2D eigenvalue weighted by Crippen LogP contribution is -2.34. The van der Waals surface area contributed by atoms with Gasteiger partial charge in [0, 0.05) is 42.0 Å². The van der Waals surface area contributed by atoms with Crippen LogP contribution < -0.4 is 11.5 Å². The SMILES string of the molecule is N[C@H]1CCn2c(c(C[C@H](N)C(=O)O)c3ccccc32)C1. The van der Waals surface area contributed by atoms with Gasteiger partial charge in [-0.15, -0.1) is 0 Å². The minimum atomic E-state index is -0.964. The van der Waals surface area contributed by atoms with Gasteiger partial charge in [-0.2, -0.15) is 0 Å². The van der Waals surface area contributed by atoms with E-state index in [0.29, 0.717) is 6.42 Å². The molecule has 2 heterocycles. The number of benzene rings is 1. The first-order chi connectivity index (χ1) is 9.58. The molecule has 1 aliphatic heterocycles. The van der Waals surface area contributed by atoms with E-state index < -0.39 is 12.0 Å². The number of para-hydroxylation sites is 1. The monoisotopic (exact) mass is 273 g/mol. The van der Waals surface area contributed by atoms with Crippen LogP contribution in [0, 0.1) is 0 Å². The summed E-state index contributed by atoms with van der Waals surface area (Å²) in [5.41, 5.74) is 15.2. The van der Waals surface area contributed by atoms with Crippen molar-refractivity contribution in [2.75, 3.05) is 0 Å². The highest BCUT2D eigenvalue weighted by Gasteiger charge is 2.25. The molecule has 0 fully saturated rings. The normalized spacial score (nSPS) is 19.8. The van der Waals surface area contributed by atoms with Gasteiger partial charge in [-0.3, -0.25) is 4.79 Å². The minimum Gasteiger partial charge on any atom is -0.480 e. The molecule has 0 saturated carbocycles. The average Bonchev–Trinajstić information content (AvgIpc) is 2.73. The van der Waals surface area contributed by atoms with E-state index in [4.69, 9.17) is 16.6 Å². The molecule has 1 aliphatic rings. The molecule has 0 amide bonds. The van der Waals surface area contributed by atoms with Gasteiger partial charge in [0.2, 0.25) is 0 Å². The first kappa shape index (κ1) is 13.1. The van der Waals surface area contributed by atoms with E-state index in [2.05, 4.69) is 10.6 Å². The highest BCUT2D eigenvalue weighted by atomic mass is 16.4. The fourth-order valence-corrected chi connectivity index (χ4v) is 3.10. The number of fused-ring (bicyclic) bond motifs is 3. The Morgan fingerprint density at radius 2 is 2.20 bits per heavy atom. The number of carboxylic acid groups (broad SMARTS) is 1. The van der Waals surface area contributed by atoms with Crippen LogP contribution >= 0.6 is 0 Å². The van der Waals surface area contributed by atoms with Crippen molar-refractivity contribution >= 4 is 16.9 Å². The lowest BCUT2D eigenvalue weighted by Gasteiger charge is -2.23. The molecule has 0 aliphatic carbocycles. The summed E-state index contributed by atoms with van der Waals surface area (Å²) in [6, 6.07) is 7.37. The summed E-state index contributed by atoms with van der Waals surface area (Å²) in [6.07, 6.45) is 2.09. The van der Waals surface area contributed by atoms with Crippen LogP contribution in [-0.4, -0.2) is 27.7 Å². The number of aliphatic carboxylic acids is 1. The van der Waals surface area contributed by atoms with Crippen LogP contribution in [0.4, 0.5) is 0 Å². The summed E-state index contributed by atoms with van der Waals surface area (Å²) in [4.78, 5) is 11.0. The molecule has 2 aromatic rings. The lowest BCUT2D eigenvalue weighted by molar-refractivity contribution is -0.138. The quantitative estimate of drug-likeness (QED) is 0.773. The van der Waals surface area contributed by atoms with Crippen molar-refractivity contribution < 1.29 is 9.90 Å². The Labute approximate surface area is 117 Å². The summed E-state index contributed by atoms with van der Waals surface area (Å²) < 4.78 is 2.27. The Bertz CT molecular complexity index is 662. The summed E-state index contributed by atoms with van der Waals surface area (Å²) in [7, 11) is 0. The van der Waals surface area contributed by atoms with Crippen molar-refractivity contribution in [3.8, 4) is 0 Å². The standard InChI is InChI=1S/C15H19N3O2/c16-9-5-6-18-13-4-2-1-3-10(13)11(14(18)7-9)8-12(17)15(19)20/h1-4,9,12H,5-8,16-17H2,(H,19,20)/t9-,12-/m0/s1. The van der Waals surface area contributed by atoms with Crippen LogP contribution in [0.25, 0.3) is 10.9 Å². The fourth-order valence-electron chi connectivity index (χ4n) is 3.10. The van der Waals surface area contributed by atoms with Crippen molar-refractivity contribution in [2.45, 2.75) is 37.9 Å².